The normalized spacial score (nSPS) is 10.0. The van der Waals surface area contributed by atoms with E-state index < -0.39 is 0 Å². The second-order valence-electron chi connectivity index (χ2n) is 4.14. The number of anilines is 2. The van der Waals surface area contributed by atoms with Gasteiger partial charge in [-0.15, -0.1) is 0 Å². The summed E-state index contributed by atoms with van der Waals surface area (Å²) in [6.07, 6.45) is 2.49. The minimum absolute atomic E-state index is 0.196. The first kappa shape index (κ1) is 13.1. The average Bonchev–Trinajstić information content (AvgIpc) is 2.47. The van der Waals surface area contributed by atoms with Gasteiger partial charge in [-0.25, -0.2) is 0 Å². The third-order valence-corrected chi connectivity index (χ3v) is 2.93. The molecule has 1 heterocycles. The molecule has 2 aromatic rings. The lowest BCUT2D eigenvalue weighted by atomic mass is 10.1. The van der Waals surface area contributed by atoms with E-state index in [1.165, 1.54) is 0 Å². The molecule has 0 aliphatic carbocycles. The smallest absolute Gasteiger partial charge is 0.274 e. The number of benzene rings is 1. The van der Waals surface area contributed by atoms with Crippen LogP contribution < -0.4 is 10.6 Å². The molecule has 0 saturated heterocycles. The van der Waals surface area contributed by atoms with Crippen molar-refractivity contribution < 1.29 is 4.79 Å². The Morgan fingerprint density at radius 1 is 1.26 bits per heavy atom. The van der Waals surface area contributed by atoms with Crippen molar-refractivity contribution in [2.24, 2.45) is 0 Å². The molecule has 1 aromatic carbocycles. The number of pyridine rings is 1. The van der Waals surface area contributed by atoms with Crippen LogP contribution in [-0.2, 0) is 6.42 Å². The first-order valence-corrected chi connectivity index (χ1v) is 6.27. The van der Waals surface area contributed by atoms with Crippen LogP contribution in [0.4, 0.5) is 11.4 Å². The van der Waals surface area contributed by atoms with Crippen LogP contribution in [0.2, 0.25) is 0 Å². The molecule has 98 valence electrons. The van der Waals surface area contributed by atoms with Gasteiger partial charge in [0, 0.05) is 24.6 Å². The molecular formula is C15H17N3O. The van der Waals surface area contributed by atoms with Gasteiger partial charge in [0.05, 0.1) is 0 Å². The van der Waals surface area contributed by atoms with Gasteiger partial charge in [-0.2, -0.15) is 0 Å². The van der Waals surface area contributed by atoms with Crippen molar-refractivity contribution in [3.63, 3.8) is 0 Å². The number of amides is 1. The van der Waals surface area contributed by atoms with E-state index in [1.54, 1.807) is 12.3 Å². The van der Waals surface area contributed by atoms with Gasteiger partial charge in [0.1, 0.15) is 5.69 Å². The third-order valence-electron chi connectivity index (χ3n) is 2.93. The van der Waals surface area contributed by atoms with Crippen LogP contribution >= 0.6 is 0 Å². The van der Waals surface area contributed by atoms with Crippen LogP contribution in [0.3, 0.4) is 0 Å². The summed E-state index contributed by atoms with van der Waals surface area (Å²) in [6.45, 7) is 2.06. The molecule has 2 rings (SSSR count). The number of rotatable bonds is 4. The van der Waals surface area contributed by atoms with E-state index in [0.29, 0.717) is 5.69 Å². The number of para-hydroxylation sites is 1. The summed E-state index contributed by atoms with van der Waals surface area (Å²) < 4.78 is 0. The van der Waals surface area contributed by atoms with Crippen molar-refractivity contribution in [1.29, 1.82) is 0 Å². The molecule has 0 saturated carbocycles. The highest BCUT2D eigenvalue weighted by Crippen LogP contribution is 2.16. The molecule has 0 fully saturated rings. The molecule has 4 nitrogen and oxygen atoms in total. The average molecular weight is 255 g/mol. The molecule has 0 radical (unpaired) electrons. The van der Waals surface area contributed by atoms with Crippen molar-refractivity contribution in [1.82, 2.24) is 4.98 Å². The number of carbonyl (C=O) groups excluding carboxylic acids is 1. The standard InChI is InChI=1S/C15H17N3O/c1-3-11-6-4-5-7-13(11)18-15(19)14-10-12(16-2)8-9-17-14/h4-10H,3H2,1-2H3,(H,16,17)(H,18,19). The molecule has 1 aromatic heterocycles. The van der Waals surface area contributed by atoms with Crippen LogP contribution in [0.1, 0.15) is 23.0 Å². The van der Waals surface area contributed by atoms with Crippen LogP contribution in [0.15, 0.2) is 42.6 Å². The predicted octanol–water partition coefficient (Wildman–Crippen LogP) is 2.94. The number of nitrogens with one attached hydrogen (secondary N) is 2. The van der Waals surface area contributed by atoms with Gasteiger partial charge in [-0.1, -0.05) is 25.1 Å². The summed E-state index contributed by atoms with van der Waals surface area (Å²) in [5.41, 5.74) is 3.22. The maximum atomic E-state index is 12.1. The van der Waals surface area contributed by atoms with Gasteiger partial charge < -0.3 is 10.6 Å². The van der Waals surface area contributed by atoms with E-state index in [0.717, 1.165) is 23.4 Å². The third kappa shape index (κ3) is 3.10. The van der Waals surface area contributed by atoms with Gasteiger partial charge in [0.15, 0.2) is 0 Å². The molecule has 0 unspecified atom stereocenters. The molecule has 0 aliphatic rings. The Labute approximate surface area is 112 Å². The van der Waals surface area contributed by atoms with Crippen molar-refractivity contribution in [3.05, 3.63) is 53.9 Å². The summed E-state index contributed by atoms with van der Waals surface area (Å²) in [6, 6.07) is 11.3. The van der Waals surface area contributed by atoms with Gasteiger partial charge in [0.25, 0.3) is 5.91 Å². The summed E-state index contributed by atoms with van der Waals surface area (Å²) in [5.74, 6) is -0.196. The lowest BCUT2D eigenvalue weighted by molar-refractivity contribution is 0.102. The zero-order valence-electron chi connectivity index (χ0n) is 11.1. The summed E-state index contributed by atoms with van der Waals surface area (Å²) >= 11 is 0. The Bertz CT molecular complexity index is 581. The van der Waals surface area contributed by atoms with Crippen molar-refractivity contribution in [2.45, 2.75) is 13.3 Å². The first-order valence-electron chi connectivity index (χ1n) is 6.27. The molecule has 0 aliphatic heterocycles. The summed E-state index contributed by atoms with van der Waals surface area (Å²) in [5, 5.41) is 5.89. The van der Waals surface area contributed by atoms with Crippen LogP contribution in [-0.4, -0.2) is 17.9 Å². The zero-order valence-corrected chi connectivity index (χ0v) is 11.1. The Morgan fingerprint density at radius 3 is 2.79 bits per heavy atom. The Kier molecular flexibility index (Phi) is 4.13. The second kappa shape index (κ2) is 6.00. The number of aryl methyl sites for hydroxylation is 1. The van der Waals surface area contributed by atoms with Gasteiger partial charge in [-0.3, -0.25) is 9.78 Å². The number of nitrogens with zero attached hydrogens (tertiary/aromatic N) is 1. The van der Waals surface area contributed by atoms with Crippen molar-refractivity contribution in [3.8, 4) is 0 Å². The van der Waals surface area contributed by atoms with Crippen molar-refractivity contribution >= 4 is 17.3 Å². The highest BCUT2D eigenvalue weighted by Gasteiger charge is 2.09. The maximum Gasteiger partial charge on any atom is 0.274 e. The molecular weight excluding hydrogens is 238 g/mol. The Balaban J connectivity index is 2.20. The number of carbonyl (C=O) groups is 1. The minimum atomic E-state index is -0.196. The van der Waals surface area contributed by atoms with Crippen LogP contribution in [0, 0.1) is 0 Å². The van der Waals surface area contributed by atoms with Gasteiger partial charge in [0.2, 0.25) is 0 Å². The van der Waals surface area contributed by atoms with Crippen LogP contribution in [0.25, 0.3) is 0 Å². The monoisotopic (exact) mass is 255 g/mol. The molecule has 0 bridgehead atoms. The van der Waals surface area contributed by atoms with Gasteiger partial charge in [-0.05, 0) is 30.2 Å². The number of aromatic nitrogens is 1. The van der Waals surface area contributed by atoms with E-state index in [-0.39, 0.29) is 5.91 Å². The topological polar surface area (TPSA) is 54.0 Å². The van der Waals surface area contributed by atoms with Gasteiger partial charge >= 0.3 is 0 Å². The second-order valence-corrected chi connectivity index (χ2v) is 4.14. The van der Waals surface area contributed by atoms with Crippen LogP contribution in [0.5, 0.6) is 0 Å². The Morgan fingerprint density at radius 2 is 2.05 bits per heavy atom. The van der Waals surface area contributed by atoms with E-state index in [4.69, 9.17) is 0 Å². The number of hydrogen-bond donors (Lipinski definition) is 2. The van der Waals surface area contributed by atoms with E-state index >= 15 is 0 Å². The number of hydrogen-bond acceptors (Lipinski definition) is 3. The minimum Gasteiger partial charge on any atom is -0.388 e. The molecule has 1 amide bonds. The lowest BCUT2D eigenvalue weighted by Crippen LogP contribution is -2.15. The quantitative estimate of drug-likeness (QED) is 0.883. The van der Waals surface area contributed by atoms with E-state index in [9.17, 15) is 4.79 Å². The molecule has 0 atom stereocenters. The van der Waals surface area contributed by atoms with E-state index in [1.807, 2.05) is 37.4 Å². The molecule has 0 spiro atoms. The lowest BCUT2D eigenvalue weighted by Gasteiger charge is -2.09. The maximum absolute atomic E-state index is 12.1. The fraction of sp³-hybridized carbons (Fsp3) is 0.200. The fourth-order valence-corrected chi connectivity index (χ4v) is 1.85. The zero-order chi connectivity index (χ0) is 13.7. The van der Waals surface area contributed by atoms with E-state index in [2.05, 4.69) is 22.5 Å². The highest BCUT2D eigenvalue weighted by molar-refractivity contribution is 6.03. The summed E-state index contributed by atoms with van der Waals surface area (Å²) in [7, 11) is 1.81. The highest BCUT2D eigenvalue weighted by atomic mass is 16.1. The Hall–Kier alpha value is -2.36. The first-order chi connectivity index (χ1) is 9.24. The molecule has 2 N–H and O–H groups in total. The largest absolute Gasteiger partial charge is 0.388 e. The predicted molar refractivity (Wildman–Crippen MR) is 77.6 cm³/mol. The molecule has 4 heteroatoms. The SMILES string of the molecule is CCc1ccccc1NC(=O)c1cc(NC)ccn1. The fourth-order valence-electron chi connectivity index (χ4n) is 1.85. The summed E-state index contributed by atoms with van der Waals surface area (Å²) in [4.78, 5) is 16.2. The van der Waals surface area contributed by atoms with Crippen molar-refractivity contribution in [2.75, 3.05) is 17.7 Å². The molecule has 19 heavy (non-hydrogen) atoms.